The quantitative estimate of drug-likeness (QED) is 0.887. The van der Waals surface area contributed by atoms with Crippen LogP contribution in [0.15, 0.2) is 48.5 Å². The van der Waals surface area contributed by atoms with Crippen molar-refractivity contribution in [3.8, 4) is 11.8 Å². The molecule has 2 aromatic carbocycles. The topological polar surface area (TPSA) is 62.1 Å². The van der Waals surface area contributed by atoms with Gasteiger partial charge in [0.05, 0.1) is 30.2 Å². The molecule has 0 atom stereocenters. The van der Waals surface area contributed by atoms with Crippen LogP contribution in [0.2, 0.25) is 0 Å². The predicted molar refractivity (Wildman–Crippen MR) is 88.9 cm³/mol. The largest absolute Gasteiger partial charge is 0.495 e. The molecule has 2 rings (SSSR count). The number of thioether (sulfide) groups is 1. The van der Waals surface area contributed by atoms with E-state index in [1.54, 1.807) is 25.3 Å². The lowest BCUT2D eigenvalue weighted by atomic mass is 10.2. The molecule has 0 saturated heterocycles. The van der Waals surface area contributed by atoms with Gasteiger partial charge in [-0.2, -0.15) is 5.26 Å². The lowest BCUT2D eigenvalue weighted by molar-refractivity contribution is -0.113. The normalized spacial score (nSPS) is 9.82. The molecule has 0 aromatic heterocycles. The van der Waals surface area contributed by atoms with Crippen LogP contribution in [-0.2, 0) is 10.5 Å². The van der Waals surface area contributed by atoms with Crippen LogP contribution in [0.5, 0.6) is 5.75 Å². The van der Waals surface area contributed by atoms with E-state index in [4.69, 9.17) is 10.00 Å². The number of benzene rings is 2. The molecular weight excluding hydrogens is 296 g/mol. The lowest BCUT2D eigenvalue weighted by Gasteiger charge is -2.09. The van der Waals surface area contributed by atoms with Gasteiger partial charge in [-0.25, -0.2) is 0 Å². The first kappa shape index (κ1) is 15.9. The second-order valence-electron chi connectivity index (χ2n) is 4.55. The van der Waals surface area contributed by atoms with E-state index in [0.29, 0.717) is 22.8 Å². The second kappa shape index (κ2) is 8.11. The predicted octanol–water partition coefficient (Wildman–Crippen LogP) is 3.44. The van der Waals surface area contributed by atoms with E-state index < -0.39 is 0 Å². The Morgan fingerprint density at radius 3 is 2.64 bits per heavy atom. The molecule has 1 N–H and O–H groups in total. The molecule has 0 aliphatic rings. The van der Waals surface area contributed by atoms with Gasteiger partial charge in [-0.05, 0) is 29.8 Å². The van der Waals surface area contributed by atoms with Crippen molar-refractivity contribution in [2.75, 3.05) is 18.2 Å². The maximum absolute atomic E-state index is 11.9. The van der Waals surface area contributed by atoms with Crippen molar-refractivity contribution in [1.82, 2.24) is 0 Å². The highest BCUT2D eigenvalue weighted by Crippen LogP contribution is 2.23. The summed E-state index contributed by atoms with van der Waals surface area (Å²) in [6.45, 7) is 0. The summed E-state index contributed by atoms with van der Waals surface area (Å²) in [6.07, 6.45) is 0. The van der Waals surface area contributed by atoms with Gasteiger partial charge < -0.3 is 10.1 Å². The van der Waals surface area contributed by atoms with Crippen LogP contribution in [0.4, 0.5) is 5.69 Å². The van der Waals surface area contributed by atoms with Crippen molar-refractivity contribution in [2.45, 2.75) is 5.75 Å². The maximum atomic E-state index is 11.9. The average Bonchev–Trinajstić information content (AvgIpc) is 2.56. The molecule has 1 amide bonds. The van der Waals surface area contributed by atoms with Gasteiger partial charge in [0.1, 0.15) is 5.75 Å². The number of ether oxygens (including phenoxy) is 1. The Kier molecular flexibility index (Phi) is 5.87. The number of hydrogen-bond acceptors (Lipinski definition) is 4. The van der Waals surface area contributed by atoms with Crippen LogP contribution in [0.1, 0.15) is 11.1 Å². The summed E-state index contributed by atoms with van der Waals surface area (Å²) in [5.41, 5.74) is 2.41. The van der Waals surface area contributed by atoms with Crippen LogP contribution in [0.3, 0.4) is 0 Å². The standard InChI is InChI=1S/C17H16N2O2S/c1-21-16-5-3-2-4-15(16)19-17(20)12-22-11-14-8-6-13(10-18)7-9-14/h2-9H,11-12H2,1H3,(H,19,20). The van der Waals surface area contributed by atoms with Crippen LogP contribution >= 0.6 is 11.8 Å². The number of nitrogens with one attached hydrogen (secondary N) is 1. The molecule has 22 heavy (non-hydrogen) atoms. The van der Waals surface area contributed by atoms with Gasteiger partial charge in [0.2, 0.25) is 5.91 Å². The van der Waals surface area contributed by atoms with Crippen LogP contribution < -0.4 is 10.1 Å². The average molecular weight is 312 g/mol. The van der Waals surface area contributed by atoms with E-state index in [1.165, 1.54) is 11.8 Å². The smallest absolute Gasteiger partial charge is 0.234 e. The number of amides is 1. The van der Waals surface area contributed by atoms with E-state index in [2.05, 4.69) is 11.4 Å². The molecule has 0 radical (unpaired) electrons. The van der Waals surface area contributed by atoms with E-state index in [9.17, 15) is 4.79 Å². The fourth-order valence-electron chi connectivity index (χ4n) is 1.87. The van der Waals surface area contributed by atoms with Crippen molar-refractivity contribution in [3.05, 3.63) is 59.7 Å². The van der Waals surface area contributed by atoms with Gasteiger partial charge in [-0.15, -0.1) is 11.8 Å². The minimum Gasteiger partial charge on any atom is -0.495 e. The zero-order valence-corrected chi connectivity index (χ0v) is 13.0. The fourth-order valence-corrected chi connectivity index (χ4v) is 2.66. The number of hydrogen-bond donors (Lipinski definition) is 1. The van der Waals surface area contributed by atoms with E-state index >= 15 is 0 Å². The summed E-state index contributed by atoms with van der Waals surface area (Å²) >= 11 is 1.52. The first-order valence-corrected chi connectivity index (χ1v) is 7.88. The third-order valence-corrected chi connectivity index (χ3v) is 3.97. The summed E-state index contributed by atoms with van der Waals surface area (Å²) in [4.78, 5) is 11.9. The number of rotatable bonds is 6. The number of methoxy groups -OCH3 is 1. The Labute approximate surface area is 134 Å². The van der Waals surface area contributed by atoms with Gasteiger partial charge in [0, 0.05) is 5.75 Å². The number of nitrogens with zero attached hydrogens (tertiary/aromatic N) is 1. The molecule has 0 spiro atoms. The van der Waals surface area contributed by atoms with Gasteiger partial charge >= 0.3 is 0 Å². The Morgan fingerprint density at radius 2 is 1.95 bits per heavy atom. The summed E-state index contributed by atoms with van der Waals surface area (Å²) in [5.74, 6) is 1.67. The summed E-state index contributed by atoms with van der Waals surface area (Å²) < 4.78 is 5.19. The molecule has 0 aliphatic carbocycles. The Bertz CT molecular complexity index is 678. The lowest BCUT2D eigenvalue weighted by Crippen LogP contribution is -2.14. The second-order valence-corrected chi connectivity index (χ2v) is 5.54. The molecule has 2 aromatic rings. The third kappa shape index (κ3) is 4.54. The summed E-state index contributed by atoms with van der Waals surface area (Å²) in [7, 11) is 1.57. The van der Waals surface area contributed by atoms with Crippen molar-refractivity contribution in [3.63, 3.8) is 0 Å². The van der Waals surface area contributed by atoms with E-state index in [-0.39, 0.29) is 5.91 Å². The third-order valence-electron chi connectivity index (χ3n) is 2.97. The highest BCUT2D eigenvalue weighted by atomic mass is 32.2. The Balaban J connectivity index is 1.81. The van der Waals surface area contributed by atoms with Crippen molar-refractivity contribution < 1.29 is 9.53 Å². The van der Waals surface area contributed by atoms with Crippen LogP contribution in [-0.4, -0.2) is 18.8 Å². The SMILES string of the molecule is COc1ccccc1NC(=O)CSCc1ccc(C#N)cc1. The molecule has 0 unspecified atom stereocenters. The van der Waals surface area contributed by atoms with Gasteiger partial charge in [0.25, 0.3) is 0 Å². The highest BCUT2D eigenvalue weighted by Gasteiger charge is 2.07. The molecule has 4 nitrogen and oxygen atoms in total. The molecule has 0 aliphatic heterocycles. The highest BCUT2D eigenvalue weighted by molar-refractivity contribution is 7.99. The van der Waals surface area contributed by atoms with Crippen LogP contribution in [0, 0.1) is 11.3 Å². The number of carbonyl (C=O) groups excluding carboxylic acids is 1. The molecule has 0 heterocycles. The molecule has 112 valence electrons. The molecule has 0 bridgehead atoms. The fraction of sp³-hybridized carbons (Fsp3) is 0.176. The Morgan fingerprint density at radius 1 is 1.23 bits per heavy atom. The van der Waals surface area contributed by atoms with E-state index in [1.807, 2.05) is 30.3 Å². The van der Waals surface area contributed by atoms with Crippen LogP contribution in [0.25, 0.3) is 0 Å². The first-order chi connectivity index (χ1) is 10.7. The van der Waals surface area contributed by atoms with Crippen molar-refractivity contribution in [1.29, 1.82) is 5.26 Å². The zero-order valence-electron chi connectivity index (χ0n) is 12.2. The monoisotopic (exact) mass is 312 g/mol. The minimum atomic E-state index is -0.0665. The number of para-hydroxylation sites is 2. The number of nitriles is 1. The maximum Gasteiger partial charge on any atom is 0.234 e. The van der Waals surface area contributed by atoms with Gasteiger partial charge in [-0.3, -0.25) is 4.79 Å². The summed E-state index contributed by atoms with van der Waals surface area (Å²) in [5, 5.41) is 11.6. The molecule has 5 heteroatoms. The van der Waals surface area contributed by atoms with Crippen molar-refractivity contribution >= 4 is 23.4 Å². The molecular formula is C17H16N2O2S. The molecule has 0 fully saturated rings. The zero-order chi connectivity index (χ0) is 15.8. The van der Waals surface area contributed by atoms with Gasteiger partial charge in [0.15, 0.2) is 0 Å². The number of carbonyl (C=O) groups is 1. The van der Waals surface area contributed by atoms with Gasteiger partial charge in [-0.1, -0.05) is 24.3 Å². The minimum absolute atomic E-state index is 0.0665. The summed E-state index contributed by atoms with van der Waals surface area (Å²) in [6, 6.07) is 16.8. The molecule has 0 saturated carbocycles. The number of anilines is 1. The van der Waals surface area contributed by atoms with E-state index in [0.717, 1.165) is 11.3 Å². The Hall–Kier alpha value is -2.45. The van der Waals surface area contributed by atoms with Crippen molar-refractivity contribution in [2.24, 2.45) is 0 Å². The first-order valence-electron chi connectivity index (χ1n) is 6.72.